The summed E-state index contributed by atoms with van der Waals surface area (Å²) in [6.07, 6.45) is 2.05. The second-order valence-corrected chi connectivity index (χ2v) is 3.88. The van der Waals surface area contributed by atoms with Gasteiger partial charge >= 0.3 is 5.97 Å². The minimum atomic E-state index is -0.831. The third-order valence-corrected chi connectivity index (χ3v) is 2.46. The number of imide groups is 1. The van der Waals surface area contributed by atoms with Gasteiger partial charge in [-0.2, -0.15) is 0 Å². The molecule has 0 aromatic rings. The Morgan fingerprint density at radius 3 is 2.41 bits per heavy atom. The highest BCUT2D eigenvalue weighted by Gasteiger charge is 2.33. The van der Waals surface area contributed by atoms with Crippen molar-refractivity contribution in [3.63, 3.8) is 0 Å². The molecule has 1 heterocycles. The zero-order valence-electron chi connectivity index (χ0n) is 9.55. The van der Waals surface area contributed by atoms with Crippen LogP contribution in [0.4, 0.5) is 0 Å². The van der Waals surface area contributed by atoms with Crippen molar-refractivity contribution in [3.8, 4) is 0 Å². The molecule has 4 N–H and O–H groups in total. The van der Waals surface area contributed by atoms with Crippen LogP contribution in [0.3, 0.4) is 0 Å². The minimum absolute atomic E-state index is 0.0779. The Labute approximate surface area is 99.0 Å². The quantitative estimate of drug-likeness (QED) is 0.459. The van der Waals surface area contributed by atoms with E-state index < -0.39 is 23.8 Å². The molecule has 0 radical (unpaired) electrons. The van der Waals surface area contributed by atoms with Gasteiger partial charge in [-0.3, -0.25) is 9.59 Å². The third-order valence-electron chi connectivity index (χ3n) is 2.46. The molecule has 0 aromatic heterocycles. The van der Waals surface area contributed by atoms with E-state index >= 15 is 0 Å². The van der Waals surface area contributed by atoms with Gasteiger partial charge in [0.1, 0.15) is 6.04 Å². The Balaban J connectivity index is 2.37. The van der Waals surface area contributed by atoms with E-state index in [2.05, 4.69) is 4.84 Å². The average molecular weight is 243 g/mol. The molecule has 0 aliphatic carbocycles. The maximum Gasteiger partial charge on any atom is 0.349 e. The predicted molar refractivity (Wildman–Crippen MR) is 58.1 cm³/mol. The van der Waals surface area contributed by atoms with Crippen LogP contribution < -0.4 is 11.5 Å². The van der Waals surface area contributed by atoms with Crippen molar-refractivity contribution in [2.45, 2.75) is 38.1 Å². The molecule has 1 unspecified atom stereocenters. The Hall–Kier alpha value is -1.47. The van der Waals surface area contributed by atoms with Crippen LogP contribution >= 0.6 is 0 Å². The van der Waals surface area contributed by atoms with E-state index in [0.29, 0.717) is 24.4 Å². The molecule has 17 heavy (non-hydrogen) atoms. The fourth-order valence-electron chi connectivity index (χ4n) is 1.44. The zero-order valence-corrected chi connectivity index (χ0v) is 9.55. The molecule has 2 amide bonds. The number of nitrogens with zero attached hydrogens (tertiary/aromatic N) is 1. The molecular weight excluding hydrogens is 226 g/mol. The standard InChI is InChI=1S/C10H17N3O4/c11-6-2-1-3-7(12)10(16)17-13-8(14)4-5-9(13)15/h7H,1-6,11-12H2. The Morgan fingerprint density at radius 2 is 1.88 bits per heavy atom. The first-order valence-corrected chi connectivity index (χ1v) is 5.59. The highest BCUT2D eigenvalue weighted by molar-refractivity contribution is 6.01. The Morgan fingerprint density at radius 1 is 1.29 bits per heavy atom. The number of rotatable bonds is 6. The van der Waals surface area contributed by atoms with Crippen molar-refractivity contribution in [2.75, 3.05) is 6.54 Å². The number of carbonyl (C=O) groups excluding carboxylic acids is 3. The highest BCUT2D eigenvalue weighted by atomic mass is 16.7. The monoisotopic (exact) mass is 243 g/mol. The molecule has 1 atom stereocenters. The van der Waals surface area contributed by atoms with E-state index in [1.54, 1.807) is 0 Å². The lowest BCUT2D eigenvalue weighted by Gasteiger charge is -2.15. The second-order valence-electron chi connectivity index (χ2n) is 3.88. The maximum atomic E-state index is 11.5. The molecule has 7 nitrogen and oxygen atoms in total. The fourth-order valence-corrected chi connectivity index (χ4v) is 1.44. The van der Waals surface area contributed by atoms with Crippen molar-refractivity contribution in [3.05, 3.63) is 0 Å². The largest absolute Gasteiger partial charge is 0.349 e. The van der Waals surface area contributed by atoms with E-state index in [1.807, 2.05) is 0 Å². The van der Waals surface area contributed by atoms with Gasteiger partial charge < -0.3 is 16.3 Å². The van der Waals surface area contributed by atoms with Crippen LogP contribution in [0.2, 0.25) is 0 Å². The third kappa shape index (κ3) is 3.79. The molecular formula is C10H17N3O4. The number of carbonyl (C=O) groups is 3. The molecule has 1 aliphatic heterocycles. The molecule has 1 saturated heterocycles. The van der Waals surface area contributed by atoms with Gasteiger partial charge in [-0.25, -0.2) is 4.79 Å². The normalized spacial score (nSPS) is 17.4. The van der Waals surface area contributed by atoms with E-state index in [1.165, 1.54) is 0 Å². The van der Waals surface area contributed by atoms with Gasteiger partial charge in [0.05, 0.1) is 0 Å². The van der Waals surface area contributed by atoms with Crippen molar-refractivity contribution in [1.29, 1.82) is 0 Å². The lowest BCUT2D eigenvalue weighted by atomic mass is 10.1. The van der Waals surface area contributed by atoms with E-state index in [9.17, 15) is 14.4 Å². The van der Waals surface area contributed by atoms with Gasteiger partial charge in [0, 0.05) is 12.8 Å². The van der Waals surface area contributed by atoms with Crippen LogP contribution in [0.1, 0.15) is 32.1 Å². The van der Waals surface area contributed by atoms with Crippen molar-refractivity contribution in [2.24, 2.45) is 11.5 Å². The summed E-state index contributed by atoms with van der Waals surface area (Å²) < 4.78 is 0. The smallest absolute Gasteiger partial charge is 0.330 e. The van der Waals surface area contributed by atoms with Crippen LogP contribution in [-0.4, -0.2) is 35.4 Å². The van der Waals surface area contributed by atoms with Gasteiger partial charge in [0.25, 0.3) is 11.8 Å². The van der Waals surface area contributed by atoms with Crippen LogP contribution in [0.15, 0.2) is 0 Å². The first-order chi connectivity index (χ1) is 8.06. The number of hydroxylamine groups is 2. The van der Waals surface area contributed by atoms with Crippen molar-refractivity contribution >= 4 is 17.8 Å². The average Bonchev–Trinajstić information content (AvgIpc) is 2.61. The van der Waals surface area contributed by atoms with Gasteiger partial charge in [-0.1, -0.05) is 6.42 Å². The summed E-state index contributed by atoms with van der Waals surface area (Å²) in [5.74, 6) is -1.76. The molecule has 0 spiro atoms. The lowest BCUT2D eigenvalue weighted by molar-refractivity contribution is -0.198. The van der Waals surface area contributed by atoms with Crippen LogP contribution in [-0.2, 0) is 19.2 Å². The van der Waals surface area contributed by atoms with E-state index in [-0.39, 0.29) is 12.8 Å². The molecule has 7 heteroatoms. The number of hydrogen-bond donors (Lipinski definition) is 2. The Bertz CT molecular complexity index is 303. The lowest BCUT2D eigenvalue weighted by Crippen LogP contribution is -2.40. The summed E-state index contributed by atoms with van der Waals surface area (Å²) in [5, 5.41) is 0.505. The summed E-state index contributed by atoms with van der Waals surface area (Å²) in [7, 11) is 0. The maximum absolute atomic E-state index is 11.5. The number of hydrogen-bond acceptors (Lipinski definition) is 6. The number of amides is 2. The predicted octanol–water partition coefficient (Wildman–Crippen LogP) is -0.950. The van der Waals surface area contributed by atoms with E-state index in [4.69, 9.17) is 11.5 Å². The van der Waals surface area contributed by atoms with Crippen LogP contribution in [0.5, 0.6) is 0 Å². The number of nitrogens with two attached hydrogens (primary N) is 2. The highest BCUT2D eigenvalue weighted by Crippen LogP contribution is 2.13. The SMILES string of the molecule is NCCCCC(N)C(=O)ON1C(=O)CCC1=O. The fraction of sp³-hybridized carbons (Fsp3) is 0.700. The van der Waals surface area contributed by atoms with E-state index in [0.717, 1.165) is 6.42 Å². The van der Waals surface area contributed by atoms with Gasteiger partial charge in [0.2, 0.25) is 0 Å². The Kier molecular flexibility index (Phi) is 5.05. The topological polar surface area (TPSA) is 116 Å². The molecule has 96 valence electrons. The number of unbranched alkanes of at least 4 members (excludes halogenated alkanes) is 1. The molecule has 0 bridgehead atoms. The second kappa shape index (κ2) is 6.31. The summed E-state index contributed by atoms with van der Waals surface area (Å²) in [5.41, 5.74) is 10.9. The molecule has 0 aromatic carbocycles. The van der Waals surface area contributed by atoms with Gasteiger partial charge in [-0.15, -0.1) is 5.06 Å². The van der Waals surface area contributed by atoms with Gasteiger partial charge in [-0.05, 0) is 19.4 Å². The molecule has 1 fully saturated rings. The summed E-state index contributed by atoms with van der Waals surface area (Å²) in [4.78, 5) is 38.5. The molecule has 0 saturated carbocycles. The first-order valence-electron chi connectivity index (χ1n) is 5.59. The summed E-state index contributed by atoms with van der Waals surface area (Å²) in [6.45, 7) is 0.533. The molecule has 1 rings (SSSR count). The summed E-state index contributed by atoms with van der Waals surface area (Å²) in [6, 6.07) is -0.831. The van der Waals surface area contributed by atoms with Crippen molar-refractivity contribution in [1.82, 2.24) is 5.06 Å². The van der Waals surface area contributed by atoms with Crippen molar-refractivity contribution < 1.29 is 19.2 Å². The summed E-state index contributed by atoms with van der Waals surface area (Å²) >= 11 is 0. The zero-order chi connectivity index (χ0) is 12.8. The van der Waals surface area contributed by atoms with Crippen LogP contribution in [0, 0.1) is 0 Å². The minimum Gasteiger partial charge on any atom is -0.330 e. The molecule has 1 aliphatic rings. The van der Waals surface area contributed by atoms with Gasteiger partial charge in [0.15, 0.2) is 0 Å². The van der Waals surface area contributed by atoms with Crippen LogP contribution in [0.25, 0.3) is 0 Å². The first kappa shape index (κ1) is 13.6.